The van der Waals surface area contributed by atoms with Gasteiger partial charge in [-0.25, -0.2) is 15.0 Å². The summed E-state index contributed by atoms with van der Waals surface area (Å²) in [6, 6.07) is 7.98. The molecule has 0 bridgehead atoms. The fourth-order valence-corrected chi connectivity index (χ4v) is 5.21. The number of nitrogens with zero attached hydrogens (tertiary/aromatic N) is 6. The van der Waals surface area contributed by atoms with Crippen molar-refractivity contribution >= 4 is 45.6 Å². The van der Waals surface area contributed by atoms with Crippen LogP contribution in [-0.2, 0) is 11.2 Å². The van der Waals surface area contributed by atoms with Gasteiger partial charge in [-0.05, 0) is 50.5 Å². The third kappa shape index (κ3) is 7.16. The third-order valence-electron chi connectivity index (χ3n) is 5.81. The smallest absolute Gasteiger partial charge is 0.204 e. The summed E-state index contributed by atoms with van der Waals surface area (Å²) in [7, 11) is 5.87. The number of benzene rings is 1. The van der Waals surface area contributed by atoms with Gasteiger partial charge in [0, 0.05) is 62.2 Å². The summed E-state index contributed by atoms with van der Waals surface area (Å²) in [5.41, 5.74) is 1.00. The standard InChI is InChI=1S/C25H33N7O2S2/c1-18(33)17-19-5-7-20(8-6-19)36-25-28-22(27-24-26-9-16-35-24)21(34-4)23(29-25)32-14-12-31(13-15-32)11-10-30(2)3/h5-9,16H,10-15,17H2,1-4H3,(H,26,27,28,29). The number of aromatic nitrogens is 3. The van der Waals surface area contributed by atoms with E-state index in [4.69, 9.17) is 14.7 Å². The Kier molecular flexibility index (Phi) is 9.13. The van der Waals surface area contributed by atoms with Gasteiger partial charge in [-0.15, -0.1) is 11.3 Å². The molecular weight excluding hydrogens is 494 g/mol. The van der Waals surface area contributed by atoms with E-state index in [2.05, 4.69) is 39.1 Å². The van der Waals surface area contributed by atoms with Crippen LogP contribution < -0.4 is 15.0 Å². The second-order valence-electron chi connectivity index (χ2n) is 8.93. The average Bonchev–Trinajstić information content (AvgIpc) is 3.37. The fraction of sp³-hybridized carbons (Fsp3) is 0.440. The molecule has 9 nitrogen and oxygen atoms in total. The van der Waals surface area contributed by atoms with Crippen molar-refractivity contribution in [2.24, 2.45) is 0 Å². The van der Waals surface area contributed by atoms with E-state index in [1.807, 2.05) is 29.6 Å². The van der Waals surface area contributed by atoms with Crippen molar-refractivity contribution < 1.29 is 9.53 Å². The predicted octanol–water partition coefficient (Wildman–Crippen LogP) is 3.65. The zero-order valence-corrected chi connectivity index (χ0v) is 22.9. The van der Waals surface area contributed by atoms with E-state index in [1.54, 1.807) is 20.2 Å². The van der Waals surface area contributed by atoms with Gasteiger partial charge in [-0.1, -0.05) is 12.1 Å². The lowest BCUT2D eigenvalue weighted by Crippen LogP contribution is -2.48. The van der Waals surface area contributed by atoms with Crippen LogP contribution in [0.3, 0.4) is 0 Å². The average molecular weight is 528 g/mol. The van der Waals surface area contributed by atoms with Crippen LogP contribution >= 0.6 is 23.1 Å². The molecule has 0 aliphatic carbocycles. The van der Waals surface area contributed by atoms with Crippen molar-refractivity contribution in [3.8, 4) is 5.75 Å². The molecule has 0 saturated carbocycles. The molecular formula is C25H33N7O2S2. The summed E-state index contributed by atoms with van der Waals surface area (Å²) < 4.78 is 5.83. The minimum atomic E-state index is 0.151. The number of ketones is 1. The van der Waals surface area contributed by atoms with Crippen LogP contribution in [0.5, 0.6) is 5.75 Å². The minimum absolute atomic E-state index is 0.151. The van der Waals surface area contributed by atoms with Gasteiger partial charge < -0.3 is 19.9 Å². The molecule has 11 heteroatoms. The molecule has 0 atom stereocenters. The molecule has 0 unspecified atom stereocenters. The van der Waals surface area contributed by atoms with E-state index in [0.717, 1.165) is 60.7 Å². The number of likely N-dealkylation sites (N-methyl/N-ethyl adjacent to an activating group) is 1. The number of carbonyl (C=O) groups is 1. The van der Waals surface area contributed by atoms with E-state index in [9.17, 15) is 4.79 Å². The van der Waals surface area contributed by atoms with Crippen molar-refractivity contribution in [1.82, 2.24) is 24.8 Å². The molecule has 1 aromatic carbocycles. The first-order chi connectivity index (χ1) is 17.4. The number of thiazole rings is 1. The largest absolute Gasteiger partial charge is 0.490 e. The van der Waals surface area contributed by atoms with Gasteiger partial charge in [0.2, 0.25) is 5.75 Å². The highest BCUT2D eigenvalue weighted by molar-refractivity contribution is 7.99. The molecule has 3 aromatic rings. The summed E-state index contributed by atoms with van der Waals surface area (Å²) >= 11 is 2.99. The maximum Gasteiger partial charge on any atom is 0.204 e. The predicted molar refractivity (Wildman–Crippen MR) is 146 cm³/mol. The van der Waals surface area contributed by atoms with E-state index < -0.39 is 0 Å². The maximum absolute atomic E-state index is 11.4. The number of hydrogen-bond donors (Lipinski definition) is 1. The van der Waals surface area contributed by atoms with Gasteiger partial charge in [-0.3, -0.25) is 9.69 Å². The molecule has 1 aliphatic rings. The van der Waals surface area contributed by atoms with E-state index in [1.165, 1.54) is 23.1 Å². The number of carbonyl (C=O) groups excluding carboxylic acids is 1. The Morgan fingerprint density at radius 1 is 1.17 bits per heavy atom. The highest BCUT2D eigenvalue weighted by Crippen LogP contribution is 2.38. The van der Waals surface area contributed by atoms with Gasteiger partial charge >= 0.3 is 0 Å². The number of ether oxygens (including phenoxy) is 1. The van der Waals surface area contributed by atoms with Crippen LogP contribution in [0.15, 0.2) is 45.9 Å². The van der Waals surface area contributed by atoms with Gasteiger partial charge in [0.25, 0.3) is 0 Å². The van der Waals surface area contributed by atoms with Gasteiger partial charge in [-0.2, -0.15) is 0 Å². The van der Waals surface area contributed by atoms with Crippen molar-refractivity contribution in [2.45, 2.75) is 23.4 Å². The van der Waals surface area contributed by atoms with Gasteiger partial charge in [0.1, 0.15) is 5.78 Å². The van der Waals surface area contributed by atoms with Crippen molar-refractivity contribution in [2.75, 3.05) is 70.7 Å². The summed E-state index contributed by atoms with van der Waals surface area (Å²) in [6.07, 6.45) is 2.20. The zero-order valence-electron chi connectivity index (χ0n) is 21.2. The lowest BCUT2D eigenvalue weighted by Gasteiger charge is -2.36. The zero-order chi connectivity index (χ0) is 25.5. The number of anilines is 3. The van der Waals surface area contributed by atoms with Crippen molar-refractivity contribution in [3.63, 3.8) is 0 Å². The minimum Gasteiger partial charge on any atom is -0.490 e. The normalized spacial score (nSPS) is 14.3. The molecule has 1 saturated heterocycles. The van der Waals surface area contributed by atoms with Crippen LogP contribution in [-0.4, -0.2) is 91.0 Å². The van der Waals surface area contributed by atoms with Crippen molar-refractivity contribution in [3.05, 3.63) is 41.4 Å². The number of piperazine rings is 1. The summed E-state index contributed by atoms with van der Waals surface area (Å²) in [5, 5.41) is 6.61. The van der Waals surface area contributed by atoms with E-state index in [-0.39, 0.29) is 5.78 Å². The quantitative estimate of drug-likeness (QED) is 0.373. The molecule has 0 spiro atoms. The molecule has 1 fully saturated rings. The highest BCUT2D eigenvalue weighted by Gasteiger charge is 2.25. The van der Waals surface area contributed by atoms with Crippen LogP contribution in [0.25, 0.3) is 0 Å². The van der Waals surface area contributed by atoms with Crippen LogP contribution in [0.4, 0.5) is 16.8 Å². The number of Topliss-reactive ketones (excluding diaryl/α,β-unsaturated/α-hetero) is 1. The Morgan fingerprint density at radius 2 is 1.92 bits per heavy atom. The van der Waals surface area contributed by atoms with E-state index >= 15 is 0 Å². The third-order valence-corrected chi connectivity index (χ3v) is 7.37. The van der Waals surface area contributed by atoms with Crippen LogP contribution in [0.1, 0.15) is 12.5 Å². The summed E-state index contributed by atoms with van der Waals surface area (Å²) in [4.78, 5) is 33.5. The highest BCUT2D eigenvalue weighted by atomic mass is 32.2. The first-order valence-corrected chi connectivity index (χ1v) is 13.6. The Hall–Kier alpha value is -2.73. The molecule has 3 heterocycles. The Morgan fingerprint density at radius 3 is 2.53 bits per heavy atom. The Labute approximate surface area is 220 Å². The number of nitrogens with one attached hydrogen (secondary N) is 1. The Bertz CT molecular complexity index is 1130. The van der Waals surface area contributed by atoms with Crippen LogP contribution in [0.2, 0.25) is 0 Å². The molecule has 0 amide bonds. The lowest BCUT2D eigenvalue weighted by atomic mass is 10.1. The molecule has 2 aromatic heterocycles. The second kappa shape index (κ2) is 12.5. The first kappa shape index (κ1) is 26.3. The van der Waals surface area contributed by atoms with E-state index in [0.29, 0.717) is 23.1 Å². The number of rotatable bonds is 11. The second-order valence-corrected chi connectivity index (χ2v) is 10.9. The van der Waals surface area contributed by atoms with Crippen LogP contribution in [0, 0.1) is 0 Å². The summed E-state index contributed by atoms with van der Waals surface area (Å²) in [5.74, 6) is 2.16. The van der Waals surface area contributed by atoms with Crippen molar-refractivity contribution in [1.29, 1.82) is 0 Å². The molecule has 4 rings (SSSR count). The van der Waals surface area contributed by atoms with Gasteiger partial charge in [0.15, 0.2) is 21.9 Å². The molecule has 1 N–H and O–H groups in total. The fourth-order valence-electron chi connectivity index (χ4n) is 3.93. The monoisotopic (exact) mass is 527 g/mol. The first-order valence-electron chi connectivity index (χ1n) is 11.9. The number of methoxy groups -OCH3 is 1. The topological polar surface area (TPSA) is 86.7 Å². The maximum atomic E-state index is 11.4. The summed E-state index contributed by atoms with van der Waals surface area (Å²) in [6.45, 7) is 7.37. The van der Waals surface area contributed by atoms with Gasteiger partial charge in [0.05, 0.1) is 7.11 Å². The molecule has 36 heavy (non-hydrogen) atoms. The number of hydrogen-bond acceptors (Lipinski definition) is 11. The molecule has 1 aliphatic heterocycles. The SMILES string of the molecule is COc1c(Nc2nccs2)nc(Sc2ccc(CC(C)=O)cc2)nc1N1CCN(CCN(C)C)CC1. The molecule has 192 valence electrons. The molecule has 0 radical (unpaired) electrons. The lowest BCUT2D eigenvalue weighted by molar-refractivity contribution is -0.116. The Balaban J connectivity index is 1.58.